The number of ether oxygens (including phenoxy) is 1. The lowest BCUT2D eigenvalue weighted by Crippen LogP contribution is -2.43. The van der Waals surface area contributed by atoms with Crippen LogP contribution in [0.4, 0.5) is 0 Å². The van der Waals surface area contributed by atoms with E-state index in [0.29, 0.717) is 19.3 Å². The summed E-state index contributed by atoms with van der Waals surface area (Å²) in [6, 6.07) is 15.2. The van der Waals surface area contributed by atoms with Gasteiger partial charge >= 0.3 is 5.97 Å². The molecule has 6 nitrogen and oxygen atoms in total. The lowest BCUT2D eigenvalue weighted by atomic mass is 10.0. The number of aromatic nitrogens is 2. The molecule has 0 aliphatic heterocycles. The number of benzene rings is 2. The quantitative estimate of drug-likeness (QED) is 0.421. The average Bonchev–Trinajstić information content (AvgIpc) is 3.36. The second-order valence-corrected chi connectivity index (χ2v) is 8.25. The third-order valence-electron chi connectivity index (χ3n) is 5.05. The van der Waals surface area contributed by atoms with Gasteiger partial charge in [-0.05, 0) is 36.6 Å². The molecule has 0 aliphatic rings. The highest BCUT2D eigenvalue weighted by molar-refractivity contribution is 7.18. The van der Waals surface area contributed by atoms with Gasteiger partial charge in [-0.3, -0.25) is 4.79 Å². The molecule has 1 atom stereocenters. The first kappa shape index (κ1) is 20.1. The van der Waals surface area contributed by atoms with Crippen LogP contribution in [0.5, 0.6) is 0 Å². The highest BCUT2D eigenvalue weighted by atomic mass is 32.1. The monoisotopic (exact) mass is 421 g/mol. The number of nitrogens with one attached hydrogen (secondary N) is 2. The molecule has 1 amide bonds. The molecule has 0 fully saturated rings. The number of fused-ring (bicyclic) bond motifs is 2. The fraction of sp³-hybridized carbons (Fsp3) is 0.261. The maximum absolute atomic E-state index is 12.5. The summed E-state index contributed by atoms with van der Waals surface area (Å²) in [6.45, 7) is 0. The minimum Gasteiger partial charge on any atom is -0.467 e. The lowest BCUT2D eigenvalue weighted by Gasteiger charge is -2.16. The van der Waals surface area contributed by atoms with Gasteiger partial charge in [-0.15, -0.1) is 11.3 Å². The van der Waals surface area contributed by atoms with Gasteiger partial charge in [0, 0.05) is 29.9 Å². The first-order valence-corrected chi connectivity index (χ1v) is 10.7. The standard InChI is InChI=1S/C23H23N3O3S/c1-29-23(28)19(13-15-14-24-17-8-3-2-7-16(15)17)25-21(27)11-6-12-22-26-18-9-4-5-10-20(18)30-22/h2-5,7-10,14,19,24H,6,11-13H2,1H3,(H,25,27). The Kier molecular flexibility index (Phi) is 6.09. The number of thiazole rings is 1. The van der Waals surface area contributed by atoms with Gasteiger partial charge in [0.05, 0.1) is 22.3 Å². The van der Waals surface area contributed by atoms with Crippen molar-refractivity contribution in [3.05, 3.63) is 65.3 Å². The number of amides is 1. The predicted molar refractivity (Wildman–Crippen MR) is 119 cm³/mol. The fourth-order valence-corrected chi connectivity index (χ4v) is 4.56. The molecule has 154 valence electrons. The van der Waals surface area contributed by atoms with E-state index in [4.69, 9.17) is 4.74 Å². The number of aryl methyl sites for hydroxylation is 1. The van der Waals surface area contributed by atoms with Crippen LogP contribution in [0.25, 0.3) is 21.1 Å². The van der Waals surface area contributed by atoms with Gasteiger partial charge in [0.25, 0.3) is 0 Å². The van der Waals surface area contributed by atoms with Crippen LogP contribution < -0.4 is 5.32 Å². The molecule has 2 heterocycles. The maximum atomic E-state index is 12.5. The Morgan fingerprint density at radius 3 is 2.80 bits per heavy atom. The number of methoxy groups -OCH3 is 1. The number of carbonyl (C=O) groups excluding carboxylic acids is 2. The first-order chi connectivity index (χ1) is 14.6. The van der Waals surface area contributed by atoms with Crippen molar-refractivity contribution in [2.24, 2.45) is 0 Å². The smallest absolute Gasteiger partial charge is 0.328 e. The Bertz CT molecular complexity index is 1150. The number of rotatable bonds is 8. The molecule has 0 radical (unpaired) electrons. The summed E-state index contributed by atoms with van der Waals surface area (Å²) in [5.41, 5.74) is 2.96. The largest absolute Gasteiger partial charge is 0.467 e. The summed E-state index contributed by atoms with van der Waals surface area (Å²) in [5, 5.41) is 4.90. The normalized spacial score (nSPS) is 12.2. The molecule has 0 bridgehead atoms. The van der Waals surface area contributed by atoms with Crippen molar-refractivity contribution in [2.45, 2.75) is 31.7 Å². The molecular formula is C23H23N3O3S. The third kappa shape index (κ3) is 4.52. The summed E-state index contributed by atoms with van der Waals surface area (Å²) >= 11 is 1.65. The van der Waals surface area contributed by atoms with Gasteiger partial charge in [0.2, 0.25) is 5.91 Å². The Morgan fingerprint density at radius 2 is 1.97 bits per heavy atom. The number of hydrogen-bond donors (Lipinski definition) is 2. The summed E-state index contributed by atoms with van der Waals surface area (Å²) in [4.78, 5) is 32.5. The van der Waals surface area contributed by atoms with Crippen molar-refractivity contribution >= 4 is 44.3 Å². The topological polar surface area (TPSA) is 84.1 Å². The summed E-state index contributed by atoms with van der Waals surface area (Å²) < 4.78 is 6.06. The Labute approximate surface area is 178 Å². The van der Waals surface area contributed by atoms with Gasteiger partial charge in [-0.2, -0.15) is 0 Å². The van der Waals surface area contributed by atoms with Crippen molar-refractivity contribution in [2.75, 3.05) is 7.11 Å². The Balaban J connectivity index is 1.35. The minimum atomic E-state index is -0.718. The number of hydrogen-bond acceptors (Lipinski definition) is 5. The Morgan fingerprint density at radius 1 is 1.17 bits per heavy atom. The van der Waals surface area contributed by atoms with E-state index in [9.17, 15) is 9.59 Å². The van der Waals surface area contributed by atoms with Gasteiger partial charge in [0.1, 0.15) is 6.04 Å². The van der Waals surface area contributed by atoms with Crippen LogP contribution in [0.15, 0.2) is 54.7 Å². The SMILES string of the molecule is COC(=O)C(Cc1c[nH]c2ccccc12)NC(=O)CCCc1nc2ccccc2s1. The van der Waals surface area contributed by atoms with E-state index in [0.717, 1.165) is 38.1 Å². The minimum absolute atomic E-state index is 0.161. The maximum Gasteiger partial charge on any atom is 0.328 e. The first-order valence-electron chi connectivity index (χ1n) is 9.90. The van der Waals surface area contributed by atoms with Crippen molar-refractivity contribution in [1.29, 1.82) is 0 Å². The number of aromatic amines is 1. The third-order valence-corrected chi connectivity index (χ3v) is 6.15. The summed E-state index contributed by atoms with van der Waals surface area (Å²) in [5.74, 6) is -0.605. The second kappa shape index (κ2) is 9.09. The number of H-pyrrole nitrogens is 1. The van der Waals surface area contributed by atoms with Crippen LogP contribution in [0.3, 0.4) is 0 Å². The molecule has 2 aromatic heterocycles. The van der Waals surface area contributed by atoms with E-state index in [1.54, 1.807) is 11.3 Å². The highest BCUT2D eigenvalue weighted by Crippen LogP contribution is 2.23. The molecular weight excluding hydrogens is 398 g/mol. The summed E-state index contributed by atoms with van der Waals surface area (Å²) in [6.07, 6.45) is 3.99. The lowest BCUT2D eigenvalue weighted by molar-refractivity contribution is -0.145. The number of nitrogens with zero attached hydrogens (tertiary/aromatic N) is 1. The van der Waals surface area contributed by atoms with Gasteiger partial charge in [-0.25, -0.2) is 9.78 Å². The van der Waals surface area contributed by atoms with Crippen LogP contribution in [0.1, 0.15) is 23.4 Å². The van der Waals surface area contributed by atoms with E-state index in [1.807, 2.05) is 48.7 Å². The number of carbonyl (C=O) groups is 2. The highest BCUT2D eigenvalue weighted by Gasteiger charge is 2.23. The molecule has 7 heteroatoms. The Hall–Kier alpha value is -3.19. The van der Waals surface area contributed by atoms with Gasteiger partial charge < -0.3 is 15.0 Å². The van der Waals surface area contributed by atoms with Crippen molar-refractivity contribution in [3.8, 4) is 0 Å². The molecule has 0 saturated carbocycles. The summed E-state index contributed by atoms with van der Waals surface area (Å²) in [7, 11) is 1.34. The van der Waals surface area contributed by atoms with E-state index in [1.165, 1.54) is 7.11 Å². The molecule has 0 saturated heterocycles. The van der Waals surface area contributed by atoms with Gasteiger partial charge in [-0.1, -0.05) is 30.3 Å². The number of esters is 1. The number of para-hydroxylation sites is 2. The van der Waals surface area contributed by atoms with E-state index < -0.39 is 12.0 Å². The molecule has 1 unspecified atom stereocenters. The van der Waals surface area contributed by atoms with Gasteiger partial charge in [0.15, 0.2) is 0 Å². The fourth-order valence-electron chi connectivity index (χ4n) is 3.55. The zero-order valence-electron chi connectivity index (χ0n) is 16.7. The average molecular weight is 422 g/mol. The van der Waals surface area contributed by atoms with Crippen LogP contribution in [0, 0.1) is 0 Å². The van der Waals surface area contributed by atoms with E-state index in [2.05, 4.69) is 21.4 Å². The zero-order chi connectivity index (χ0) is 20.9. The molecule has 30 heavy (non-hydrogen) atoms. The van der Waals surface area contributed by atoms with Crippen LogP contribution in [-0.2, 0) is 27.2 Å². The molecule has 2 aromatic carbocycles. The van der Waals surface area contributed by atoms with Crippen LogP contribution >= 0.6 is 11.3 Å². The van der Waals surface area contributed by atoms with Crippen molar-refractivity contribution < 1.29 is 14.3 Å². The molecule has 0 aliphatic carbocycles. The van der Waals surface area contributed by atoms with E-state index in [-0.39, 0.29) is 5.91 Å². The van der Waals surface area contributed by atoms with Crippen molar-refractivity contribution in [3.63, 3.8) is 0 Å². The second-order valence-electron chi connectivity index (χ2n) is 7.14. The van der Waals surface area contributed by atoms with Crippen LogP contribution in [0.2, 0.25) is 0 Å². The van der Waals surface area contributed by atoms with Crippen LogP contribution in [-0.4, -0.2) is 35.0 Å². The molecule has 2 N–H and O–H groups in total. The predicted octanol–water partition coefficient (Wildman–Crippen LogP) is 4.00. The molecule has 0 spiro atoms. The zero-order valence-corrected chi connectivity index (χ0v) is 17.5. The molecule has 4 aromatic rings. The molecule has 4 rings (SSSR count). The van der Waals surface area contributed by atoms with Crippen molar-refractivity contribution in [1.82, 2.24) is 15.3 Å². The van der Waals surface area contributed by atoms with E-state index >= 15 is 0 Å².